The summed E-state index contributed by atoms with van der Waals surface area (Å²) in [6.07, 6.45) is 4.31. The van der Waals surface area contributed by atoms with Gasteiger partial charge in [-0.25, -0.2) is 9.78 Å². The second-order valence-electron chi connectivity index (χ2n) is 9.96. The van der Waals surface area contributed by atoms with Crippen molar-refractivity contribution in [2.75, 3.05) is 17.6 Å². The number of thioether (sulfide) groups is 2. The molecule has 1 saturated heterocycles. The van der Waals surface area contributed by atoms with Crippen LogP contribution in [-0.4, -0.2) is 85.0 Å². The summed E-state index contributed by atoms with van der Waals surface area (Å²) in [5.74, 6) is -1.98. The third-order valence-corrected chi connectivity index (χ3v) is 10.3. The van der Waals surface area contributed by atoms with E-state index in [-0.39, 0.29) is 20.9 Å². The van der Waals surface area contributed by atoms with Gasteiger partial charge in [-0.15, -0.1) is 0 Å². The van der Waals surface area contributed by atoms with Crippen molar-refractivity contribution in [2.45, 2.75) is 48.5 Å². The number of anilines is 1. The number of pyridine rings is 1. The molecule has 2 aromatic rings. The Balaban J connectivity index is 1.37. The third kappa shape index (κ3) is 6.33. The van der Waals surface area contributed by atoms with Gasteiger partial charge in [0.15, 0.2) is 10.8 Å². The van der Waals surface area contributed by atoms with Gasteiger partial charge in [0.1, 0.15) is 21.8 Å². The first-order chi connectivity index (χ1) is 21.0. The summed E-state index contributed by atoms with van der Waals surface area (Å²) in [6, 6.07) is -0.841. The number of amides is 3. The molecule has 14 nitrogen and oxygen atoms in total. The number of carboxylic acid groups (broad SMARTS) is 1. The summed E-state index contributed by atoms with van der Waals surface area (Å²) in [5.41, 5.74) is 13.0. The van der Waals surface area contributed by atoms with Crippen LogP contribution in [-0.2, 0) is 24.9 Å². The zero-order valence-electron chi connectivity index (χ0n) is 23.1. The molecule has 3 aliphatic rings. The fourth-order valence-corrected chi connectivity index (χ4v) is 7.86. The van der Waals surface area contributed by atoms with Gasteiger partial charge in [0.2, 0.25) is 5.91 Å². The Bertz CT molecular complexity index is 1640. The number of rotatable bonds is 12. The van der Waals surface area contributed by atoms with E-state index in [1.807, 2.05) is 6.07 Å². The van der Waals surface area contributed by atoms with E-state index in [9.17, 15) is 29.5 Å². The summed E-state index contributed by atoms with van der Waals surface area (Å²) in [7, 11) is 0. The van der Waals surface area contributed by atoms with Crippen LogP contribution in [0.1, 0.15) is 31.0 Å². The van der Waals surface area contributed by atoms with E-state index in [4.69, 9.17) is 23.1 Å². The molecule has 0 aromatic carbocycles. The van der Waals surface area contributed by atoms with Gasteiger partial charge < -0.3 is 32.4 Å². The Morgan fingerprint density at radius 1 is 1.34 bits per heavy atom. The first kappa shape index (κ1) is 31.9. The minimum atomic E-state index is -1.26. The van der Waals surface area contributed by atoms with E-state index < -0.39 is 47.5 Å². The van der Waals surface area contributed by atoms with Gasteiger partial charge in [0.25, 0.3) is 11.8 Å². The second kappa shape index (κ2) is 13.3. The molecule has 2 aliphatic heterocycles. The van der Waals surface area contributed by atoms with Gasteiger partial charge in [-0.1, -0.05) is 45.4 Å². The van der Waals surface area contributed by atoms with Gasteiger partial charge in [-0.2, -0.15) is 11.8 Å². The maximum atomic E-state index is 13.5. The molecule has 44 heavy (non-hydrogen) atoms. The Labute approximate surface area is 268 Å². The summed E-state index contributed by atoms with van der Waals surface area (Å²) in [5, 5.41) is 28.0. The average molecular weight is 679 g/mol. The first-order valence-corrected chi connectivity index (χ1v) is 16.4. The van der Waals surface area contributed by atoms with E-state index >= 15 is 0 Å². The standard InChI is InChI=1S/C26H27ClN8O6S3/c1-10(29)22(36)33-26-32-16(21(27)44-26)17(34-41)23(37)31-18-19-13-6-11(13)7-15(20(25(39)40)35(19)24(18)38)43-14-2-4-30-8-12(14)9-42-5-3-28/h2,4,8,10,18-19,41H,3,5-7,9,28-29H2,1H3,(H,31,37)(H,39,40)(H,32,33,36)/b34-17-/t10?,18-,19+/m0/s1. The number of thiazole rings is 1. The number of hydrogen-bond donors (Lipinski definition) is 6. The molecule has 1 unspecified atom stereocenters. The zero-order chi connectivity index (χ0) is 31.7. The minimum Gasteiger partial charge on any atom is -0.477 e. The Morgan fingerprint density at radius 3 is 2.80 bits per heavy atom. The molecule has 18 heteroatoms. The maximum absolute atomic E-state index is 13.5. The SMILES string of the molecule is CC(N)C(=O)Nc1nc(/C(=N/O)C(=O)N[C@@H]2C(=O)N3C(C(=O)O)=C(Sc4ccncc4CSCCN)CC4=C(C4)[C@H]23)c(Cl)s1. The Morgan fingerprint density at radius 2 is 2.11 bits per heavy atom. The Kier molecular flexibility index (Phi) is 9.62. The number of fused-ring (bicyclic) bond motifs is 2. The molecule has 2 aromatic heterocycles. The second-order valence-corrected chi connectivity index (χ2v) is 13.8. The van der Waals surface area contributed by atoms with E-state index in [2.05, 4.69) is 25.8 Å². The van der Waals surface area contributed by atoms with Gasteiger partial charge in [-0.05, 0) is 30.5 Å². The van der Waals surface area contributed by atoms with Crippen molar-refractivity contribution in [2.24, 2.45) is 16.6 Å². The topological polar surface area (TPSA) is 226 Å². The van der Waals surface area contributed by atoms with Crippen LogP contribution in [0.5, 0.6) is 0 Å². The monoisotopic (exact) mass is 678 g/mol. The highest BCUT2D eigenvalue weighted by atomic mass is 35.5. The van der Waals surface area contributed by atoms with Crippen molar-refractivity contribution in [3.8, 4) is 0 Å². The van der Waals surface area contributed by atoms with Crippen molar-refractivity contribution in [3.63, 3.8) is 0 Å². The normalized spacial score (nSPS) is 20.0. The number of aliphatic carboxylic acids is 1. The van der Waals surface area contributed by atoms with Crippen LogP contribution in [0.3, 0.4) is 0 Å². The highest BCUT2D eigenvalue weighted by Gasteiger charge is 2.58. The van der Waals surface area contributed by atoms with Crippen molar-refractivity contribution < 1.29 is 29.5 Å². The van der Waals surface area contributed by atoms with Crippen LogP contribution >= 0.6 is 46.5 Å². The lowest BCUT2D eigenvalue weighted by Crippen LogP contribution is -2.71. The number of nitrogens with one attached hydrogen (secondary N) is 2. The summed E-state index contributed by atoms with van der Waals surface area (Å²) in [6.45, 7) is 2.00. The van der Waals surface area contributed by atoms with E-state index in [1.54, 1.807) is 24.2 Å². The predicted molar refractivity (Wildman–Crippen MR) is 167 cm³/mol. The highest BCUT2D eigenvalue weighted by molar-refractivity contribution is 8.03. The van der Waals surface area contributed by atoms with Crippen molar-refractivity contribution in [1.29, 1.82) is 0 Å². The fourth-order valence-electron chi connectivity index (χ4n) is 4.78. The van der Waals surface area contributed by atoms with Crippen LogP contribution in [0.2, 0.25) is 4.34 Å². The predicted octanol–water partition coefficient (Wildman–Crippen LogP) is 1.74. The number of nitrogens with two attached hydrogens (primary N) is 2. The van der Waals surface area contributed by atoms with Crippen molar-refractivity contribution in [1.82, 2.24) is 20.2 Å². The lowest BCUT2D eigenvalue weighted by atomic mass is 9.91. The van der Waals surface area contributed by atoms with Crippen LogP contribution < -0.4 is 22.1 Å². The molecule has 0 saturated carbocycles. The molecule has 1 fully saturated rings. The summed E-state index contributed by atoms with van der Waals surface area (Å²) < 4.78 is -0.0502. The van der Waals surface area contributed by atoms with Gasteiger partial charge >= 0.3 is 5.97 Å². The van der Waals surface area contributed by atoms with Gasteiger partial charge in [0, 0.05) is 46.7 Å². The van der Waals surface area contributed by atoms with Crippen LogP contribution in [0, 0.1) is 0 Å². The summed E-state index contributed by atoms with van der Waals surface area (Å²) >= 11 is 9.98. The molecule has 4 heterocycles. The molecule has 5 rings (SSSR count). The molecular weight excluding hydrogens is 652 g/mol. The lowest BCUT2D eigenvalue weighted by molar-refractivity contribution is -0.152. The molecule has 0 radical (unpaired) electrons. The maximum Gasteiger partial charge on any atom is 0.353 e. The molecule has 0 bridgehead atoms. The van der Waals surface area contributed by atoms with Gasteiger partial charge in [0.05, 0.1) is 12.1 Å². The summed E-state index contributed by atoms with van der Waals surface area (Å²) in [4.78, 5) is 62.0. The number of oxime groups is 1. The molecule has 0 spiro atoms. The fraction of sp³-hybridized carbons (Fsp3) is 0.346. The Hall–Kier alpha value is -3.48. The van der Waals surface area contributed by atoms with Crippen LogP contribution in [0.4, 0.5) is 5.13 Å². The molecule has 3 atom stereocenters. The number of carboxylic acids is 1. The van der Waals surface area contributed by atoms with Crippen LogP contribution in [0.15, 0.2) is 50.3 Å². The quantitative estimate of drug-likeness (QED) is 0.0471. The average Bonchev–Trinajstić information content (AvgIpc) is 3.65. The number of halogens is 1. The zero-order valence-corrected chi connectivity index (χ0v) is 26.3. The number of β-lactam (4-membered cyclic amide) rings is 1. The largest absolute Gasteiger partial charge is 0.477 e. The highest BCUT2D eigenvalue weighted by Crippen LogP contribution is 2.52. The smallest absolute Gasteiger partial charge is 0.353 e. The first-order valence-electron chi connectivity index (χ1n) is 13.2. The molecule has 1 aliphatic carbocycles. The number of carbonyl (C=O) groups is 4. The minimum absolute atomic E-state index is 0.0280. The van der Waals surface area contributed by atoms with Gasteiger partial charge in [-0.3, -0.25) is 24.3 Å². The molecule has 232 valence electrons. The number of allylic oxidation sites excluding steroid dienone is 2. The van der Waals surface area contributed by atoms with E-state index in [1.165, 1.54) is 23.6 Å². The molecular formula is C26H27ClN8O6S3. The number of hydrogen-bond acceptors (Lipinski definition) is 13. The molecule has 8 N–H and O–H groups in total. The van der Waals surface area contributed by atoms with E-state index in [0.717, 1.165) is 38.7 Å². The van der Waals surface area contributed by atoms with Crippen molar-refractivity contribution >= 4 is 81.0 Å². The number of aromatic nitrogens is 2. The molecule has 3 amide bonds. The third-order valence-electron chi connectivity index (χ3n) is 6.94. The number of carbonyl (C=O) groups excluding carboxylic acids is 3. The van der Waals surface area contributed by atoms with Crippen molar-refractivity contribution in [3.05, 3.63) is 55.8 Å². The lowest BCUT2D eigenvalue weighted by Gasteiger charge is -2.46. The van der Waals surface area contributed by atoms with Crippen LogP contribution in [0.25, 0.3) is 0 Å². The van der Waals surface area contributed by atoms with E-state index in [0.29, 0.717) is 30.0 Å². The number of nitrogens with zero attached hydrogens (tertiary/aromatic N) is 4.